The number of imidazole rings is 1. The molecular formula is C18H31N5O2S. The van der Waals surface area contributed by atoms with Crippen molar-refractivity contribution in [2.75, 3.05) is 25.6 Å². The molecule has 2 heterocycles. The summed E-state index contributed by atoms with van der Waals surface area (Å²) >= 11 is 0. The van der Waals surface area contributed by atoms with Gasteiger partial charge in [-0.05, 0) is 38.7 Å². The number of unbranched alkanes of at least 4 members (excludes halogenated alkanes) is 2. The van der Waals surface area contributed by atoms with Crippen molar-refractivity contribution in [1.29, 1.82) is 0 Å². The van der Waals surface area contributed by atoms with Gasteiger partial charge in [0.05, 0.1) is 11.3 Å². The zero-order chi connectivity index (χ0) is 19.5. The molecular weight excluding hydrogens is 350 g/mol. The fourth-order valence-corrected chi connectivity index (χ4v) is 3.98. The lowest BCUT2D eigenvalue weighted by molar-refractivity contribution is 0.514. The molecule has 2 aromatic rings. The van der Waals surface area contributed by atoms with Gasteiger partial charge in [0.25, 0.3) is 0 Å². The minimum atomic E-state index is -3.15. The molecule has 146 valence electrons. The molecule has 0 fully saturated rings. The van der Waals surface area contributed by atoms with E-state index >= 15 is 0 Å². The SMILES string of the molecule is CCCCc1nc2c(N)nc(C)c(C)c2n1CCCCS(=O)(=O)N(C)C. The minimum absolute atomic E-state index is 0.165. The Hall–Kier alpha value is -1.67. The topological polar surface area (TPSA) is 94.1 Å². The molecule has 0 aliphatic heterocycles. The number of hydrogen-bond donors (Lipinski definition) is 1. The van der Waals surface area contributed by atoms with Gasteiger partial charge in [-0.15, -0.1) is 0 Å². The second kappa shape index (κ2) is 8.35. The van der Waals surface area contributed by atoms with Gasteiger partial charge >= 0.3 is 0 Å². The number of anilines is 1. The number of nitrogen functional groups attached to an aromatic ring is 1. The van der Waals surface area contributed by atoms with Crippen LogP contribution in [0.25, 0.3) is 11.0 Å². The average Bonchev–Trinajstić information content (AvgIpc) is 2.94. The summed E-state index contributed by atoms with van der Waals surface area (Å²) in [7, 11) is -0.00342. The maximum atomic E-state index is 11.9. The van der Waals surface area contributed by atoms with E-state index < -0.39 is 10.0 Å². The molecule has 7 nitrogen and oxygen atoms in total. The summed E-state index contributed by atoms with van der Waals surface area (Å²) in [4.78, 5) is 9.16. The van der Waals surface area contributed by atoms with Crippen LogP contribution in [0.3, 0.4) is 0 Å². The highest BCUT2D eigenvalue weighted by atomic mass is 32.2. The number of pyridine rings is 1. The van der Waals surface area contributed by atoms with Gasteiger partial charge in [0.1, 0.15) is 11.3 Å². The summed E-state index contributed by atoms with van der Waals surface area (Å²) in [5, 5.41) is 0. The van der Waals surface area contributed by atoms with Crippen LogP contribution < -0.4 is 5.73 Å². The minimum Gasteiger partial charge on any atom is -0.382 e. The number of aromatic nitrogens is 3. The normalized spacial score (nSPS) is 12.4. The molecule has 0 saturated heterocycles. The smallest absolute Gasteiger partial charge is 0.213 e. The Bertz CT molecular complexity index is 872. The van der Waals surface area contributed by atoms with Gasteiger partial charge in [0.15, 0.2) is 5.82 Å². The van der Waals surface area contributed by atoms with E-state index in [0.717, 1.165) is 60.3 Å². The molecule has 2 aromatic heterocycles. The first-order valence-corrected chi connectivity index (χ1v) is 10.8. The monoisotopic (exact) mass is 381 g/mol. The third-order valence-electron chi connectivity index (χ3n) is 4.82. The van der Waals surface area contributed by atoms with E-state index in [4.69, 9.17) is 10.7 Å². The molecule has 0 amide bonds. The van der Waals surface area contributed by atoms with Crippen molar-refractivity contribution < 1.29 is 8.42 Å². The highest BCUT2D eigenvalue weighted by Gasteiger charge is 2.18. The lowest BCUT2D eigenvalue weighted by atomic mass is 10.2. The van der Waals surface area contributed by atoms with E-state index in [-0.39, 0.29) is 5.75 Å². The van der Waals surface area contributed by atoms with Crippen molar-refractivity contribution >= 4 is 26.9 Å². The van der Waals surface area contributed by atoms with Crippen LogP contribution in [0.5, 0.6) is 0 Å². The molecule has 0 bridgehead atoms. The first-order chi connectivity index (χ1) is 12.2. The molecule has 0 saturated carbocycles. The van der Waals surface area contributed by atoms with Crippen LogP contribution in [-0.4, -0.2) is 47.1 Å². The Morgan fingerprint density at radius 1 is 1.12 bits per heavy atom. The largest absolute Gasteiger partial charge is 0.382 e. The molecule has 0 atom stereocenters. The first-order valence-electron chi connectivity index (χ1n) is 9.21. The van der Waals surface area contributed by atoms with Crippen LogP contribution in [-0.2, 0) is 23.0 Å². The summed E-state index contributed by atoms with van der Waals surface area (Å²) in [6.07, 6.45) is 4.43. The average molecular weight is 382 g/mol. The zero-order valence-electron chi connectivity index (χ0n) is 16.5. The number of aryl methyl sites for hydroxylation is 4. The third kappa shape index (κ3) is 4.35. The number of sulfonamides is 1. The fraction of sp³-hybridized carbons (Fsp3) is 0.667. The fourth-order valence-electron chi connectivity index (χ4n) is 3.05. The summed E-state index contributed by atoms with van der Waals surface area (Å²) in [5.41, 5.74) is 9.91. The number of nitrogens with zero attached hydrogens (tertiary/aromatic N) is 4. The number of rotatable bonds is 9. The number of fused-ring (bicyclic) bond motifs is 1. The van der Waals surface area contributed by atoms with Crippen molar-refractivity contribution in [3.05, 3.63) is 17.1 Å². The van der Waals surface area contributed by atoms with Gasteiger partial charge < -0.3 is 10.3 Å². The van der Waals surface area contributed by atoms with Crippen molar-refractivity contribution in [3.8, 4) is 0 Å². The Balaban J connectivity index is 2.29. The Kier molecular flexibility index (Phi) is 6.63. The summed E-state index contributed by atoms with van der Waals surface area (Å²) in [6, 6.07) is 0. The van der Waals surface area contributed by atoms with Crippen LogP contribution in [0.15, 0.2) is 0 Å². The van der Waals surface area contributed by atoms with Crippen LogP contribution in [0.2, 0.25) is 0 Å². The van der Waals surface area contributed by atoms with Crippen molar-refractivity contribution in [2.24, 2.45) is 0 Å². The zero-order valence-corrected chi connectivity index (χ0v) is 17.4. The van der Waals surface area contributed by atoms with E-state index in [1.54, 1.807) is 14.1 Å². The number of nitrogens with two attached hydrogens (primary N) is 1. The van der Waals surface area contributed by atoms with Crippen LogP contribution in [0, 0.1) is 13.8 Å². The molecule has 2 N–H and O–H groups in total. The molecule has 2 rings (SSSR count). The Labute approximate surface area is 156 Å². The van der Waals surface area contributed by atoms with Gasteiger partial charge in [-0.3, -0.25) is 0 Å². The standard InChI is InChI=1S/C18H31N5O2S/c1-6-7-10-15-21-16-17(13(2)14(3)20-18(16)19)23(15)11-8-9-12-26(24,25)22(4)5/h6-12H2,1-5H3,(H2,19,20). The maximum absolute atomic E-state index is 11.9. The quantitative estimate of drug-likeness (QED) is 0.674. The molecule has 0 unspecified atom stereocenters. The predicted molar refractivity (Wildman–Crippen MR) is 107 cm³/mol. The molecule has 0 radical (unpaired) electrons. The van der Waals surface area contributed by atoms with Crippen molar-refractivity contribution in [3.63, 3.8) is 0 Å². The van der Waals surface area contributed by atoms with Crippen molar-refractivity contribution in [2.45, 2.75) is 59.4 Å². The van der Waals surface area contributed by atoms with Crippen LogP contribution >= 0.6 is 0 Å². The van der Waals surface area contributed by atoms with Crippen molar-refractivity contribution in [1.82, 2.24) is 18.8 Å². The van der Waals surface area contributed by atoms with Crippen LogP contribution in [0.4, 0.5) is 5.82 Å². The molecule has 0 aromatic carbocycles. The lowest BCUT2D eigenvalue weighted by Gasteiger charge is -2.13. The van der Waals surface area contributed by atoms with Gasteiger partial charge in [-0.25, -0.2) is 22.7 Å². The maximum Gasteiger partial charge on any atom is 0.213 e. The van der Waals surface area contributed by atoms with E-state index in [1.807, 2.05) is 13.8 Å². The molecule has 0 spiro atoms. The molecule has 0 aliphatic rings. The van der Waals surface area contributed by atoms with Gasteiger partial charge in [0, 0.05) is 32.8 Å². The molecule has 0 aliphatic carbocycles. The summed E-state index contributed by atoms with van der Waals surface area (Å²) in [6.45, 7) is 6.90. The highest BCUT2D eigenvalue weighted by Crippen LogP contribution is 2.27. The van der Waals surface area contributed by atoms with E-state index in [9.17, 15) is 8.42 Å². The van der Waals surface area contributed by atoms with Gasteiger partial charge in [-0.1, -0.05) is 13.3 Å². The van der Waals surface area contributed by atoms with Gasteiger partial charge in [-0.2, -0.15) is 0 Å². The summed E-state index contributed by atoms with van der Waals surface area (Å²) in [5.74, 6) is 1.65. The third-order valence-corrected chi connectivity index (χ3v) is 6.74. The second-order valence-electron chi connectivity index (χ2n) is 6.99. The molecule has 8 heteroatoms. The molecule has 26 heavy (non-hydrogen) atoms. The van der Waals surface area contributed by atoms with E-state index in [0.29, 0.717) is 12.2 Å². The predicted octanol–water partition coefficient (Wildman–Crippen LogP) is 2.64. The summed E-state index contributed by atoms with van der Waals surface area (Å²) < 4.78 is 27.4. The Morgan fingerprint density at radius 2 is 1.81 bits per heavy atom. The Morgan fingerprint density at radius 3 is 2.42 bits per heavy atom. The van der Waals surface area contributed by atoms with E-state index in [2.05, 4.69) is 16.5 Å². The first kappa shape index (κ1) is 20.6. The van der Waals surface area contributed by atoms with E-state index in [1.165, 1.54) is 4.31 Å². The van der Waals surface area contributed by atoms with Crippen LogP contribution in [0.1, 0.15) is 49.7 Å². The number of hydrogen-bond acceptors (Lipinski definition) is 5. The highest BCUT2D eigenvalue weighted by molar-refractivity contribution is 7.89. The lowest BCUT2D eigenvalue weighted by Crippen LogP contribution is -2.25. The van der Waals surface area contributed by atoms with Gasteiger partial charge in [0.2, 0.25) is 10.0 Å². The second-order valence-corrected chi connectivity index (χ2v) is 9.30.